The lowest BCUT2D eigenvalue weighted by molar-refractivity contribution is 0.212. The lowest BCUT2D eigenvalue weighted by Gasteiger charge is -2.18. The summed E-state index contributed by atoms with van der Waals surface area (Å²) in [5.74, 6) is -0.407. The first-order chi connectivity index (χ1) is 12.0. The predicted octanol–water partition coefficient (Wildman–Crippen LogP) is 2.74. The quantitative estimate of drug-likeness (QED) is 0.722. The molecular formula is C19H24FN3O2. The Kier molecular flexibility index (Phi) is 6.89. The molecule has 2 aromatic rings. The molecule has 134 valence electrons. The van der Waals surface area contributed by atoms with Gasteiger partial charge in [0.15, 0.2) is 0 Å². The van der Waals surface area contributed by atoms with E-state index in [-0.39, 0.29) is 30.4 Å². The normalized spacial score (nSPS) is 13.1. The predicted molar refractivity (Wildman–Crippen MR) is 94.6 cm³/mol. The lowest BCUT2D eigenvalue weighted by atomic mass is 10.0. The Bertz CT molecular complexity index is 694. The second-order valence-corrected chi connectivity index (χ2v) is 6.16. The smallest absolute Gasteiger partial charge is 0.315 e. The number of hydrogen-bond donors (Lipinski definition) is 3. The van der Waals surface area contributed by atoms with Crippen LogP contribution < -0.4 is 10.6 Å². The first kappa shape index (κ1) is 18.9. The number of benzene rings is 1. The maximum Gasteiger partial charge on any atom is 0.315 e. The van der Waals surface area contributed by atoms with Crippen LogP contribution in [0.4, 0.5) is 9.18 Å². The summed E-state index contributed by atoms with van der Waals surface area (Å²) in [5, 5.41) is 15.0. The molecule has 3 N–H and O–H groups in total. The first-order valence-corrected chi connectivity index (χ1v) is 8.30. The van der Waals surface area contributed by atoms with Crippen LogP contribution in [-0.2, 0) is 6.42 Å². The molecule has 1 aromatic heterocycles. The zero-order valence-corrected chi connectivity index (χ0v) is 14.5. The van der Waals surface area contributed by atoms with Crippen LogP contribution in [0.3, 0.4) is 0 Å². The topological polar surface area (TPSA) is 74.2 Å². The number of nitrogens with one attached hydrogen (secondary N) is 2. The van der Waals surface area contributed by atoms with Crippen LogP contribution in [0.5, 0.6) is 0 Å². The van der Waals surface area contributed by atoms with E-state index in [0.29, 0.717) is 24.1 Å². The molecule has 25 heavy (non-hydrogen) atoms. The van der Waals surface area contributed by atoms with E-state index < -0.39 is 0 Å². The molecule has 2 unspecified atom stereocenters. The molecule has 1 heterocycles. The summed E-state index contributed by atoms with van der Waals surface area (Å²) < 4.78 is 13.6. The van der Waals surface area contributed by atoms with Gasteiger partial charge in [-0.3, -0.25) is 4.98 Å². The van der Waals surface area contributed by atoms with E-state index in [1.807, 2.05) is 18.2 Å². The SMILES string of the molecule is Cc1ccc(C(C)NC(=O)NCC(CO)Cc2ccccn2)cc1F. The van der Waals surface area contributed by atoms with Crippen molar-refractivity contribution >= 4 is 6.03 Å². The van der Waals surface area contributed by atoms with Gasteiger partial charge in [0.1, 0.15) is 5.82 Å². The highest BCUT2D eigenvalue weighted by Crippen LogP contribution is 2.16. The van der Waals surface area contributed by atoms with E-state index in [1.165, 1.54) is 6.07 Å². The Morgan fingerprint density at radius 3 is 2.76 bits per heavy atom. The minimum atomic E-state index is -0.354. The summed E-state index contributed by atoms with van der Waals surface area (Å²) in [4.78, 5) is 16.3. The van der Waals surface area contributed by atoms with Gasteiger partial charge in [0.25, 0.3) is 0 Å². The van der Waals surface area contributed by atoms with E-state index >= 15 is 0 Å². The van der Waals surface area contributed by atoms with Gasteiger partial charge in [-0.15, -0.1) is 0 Å². The summed E-state index contributed by atoms with van der Waals surface area (Å²) in [6.07, 6.45) is 2.28. The lowest BCUT2D eigenvalue weighted by Crippen LogP contribution is -2.40. The average molecular weight is 345 g/mol. The highest BCUT2D eigenvalue weighted by Gasteiger charge is 2.14. The molecular weight excluding hydrogens is 321 g/mol. The number of carbonyl (C=O) groups is 1. The fourth-order valence-electron chi connectivity index (χ4n) is 2.46. The van der Waals surface area contributed by atoms with Crippen molar-refractivity contribution in [1.29, 1.82) is 0 Å². The van der Waals surface area contributed by atoms with Crippen LogP contribution in [0.2, 0.25) is 0 Å². The number of aromatic nitrogens is 1. The molecule has 5 nitrogen and oxygen atoms in total. The van der Waals surface area contributed by atoms with Gasteiger partial charge >= 0.3 is 6.03 Å². The van der Waals surface area contributed by atoms with E-state index in [2.05, 4.69) is 15.6 Å². The molecule has 0 radical (unpaired) electrons. The third kappa shape index (κ3) is 5.83. The van der Waals surface area contributed by atoms with Gasteiger partial charge in [0, 0.05) is 31.0 Å². The Hall–Kier alpha value is -2.47. The van der Waals surface area contributed by atoms with Gasteiger partial charge in [-0.25, -0.2) is 9.18 Å². The molecule has 0 saturated carbocycles. The molecule has 0 saturated heterocycles. The van der Waals surface area contributed by atoms with Crippen LogP contribution >= 0.6 is 0 Å². The van der Waals surface area contributed by atoms with Crippen LogP contribution in [0.25, 0.3) is 0 Å². The third-order valence-corrected chi connectivity index (χ3v) is 4.08. The number of carbonyl (C=O) groups excluding carboxylic acids is 1. The molecule has 6 heteroatoms. The molecule has 0 aliphatic heterocycles. The van der Waals surface area contributed by atoms with Gasteiger partial charge in [-0.2, -0.15) is 0 Å². The van der Waals surface area contributed by atoms with E-state index in [0.717, 1.165) is 5.69 Å². The number of aryl methyl sites for hydroxylation is 1. The Morgan fingerprint density at radius 1 is 1.32 bits per heavy atom. The average Bonchev–Trinajstić information content (AvgIpc) is 2.61. The highest BCUT2D eigenvalue weighted by molar-refractivity contribution is 5.74. The molecule has 2 amide bonds. The molecule has 0 spiro atoms. The van der Waals surface area contributed by atoms with Crippen molar-refractivity contribution in [1.82, 2.24) is 15.6 Å². The number of nitrogens with zero attached hydrogens (tertiary/aromatic N) is 1. The monoisotopic (exact) mass is 345 g/mol. The number of urea groups is 1. The zero-order valence-electron chi connectivity index (χ0n) is 14.5. The molecule has 0 aliphatic rings. The van der Waals surface area contributed by atoms with Crippen LogP contribution in [0.1, 0.15) is 29.8 Å². The van der Waals surface area contributed by atoms with Crippen molar-refractivity contribution in [2.75, 3.05) is 13.2 Å². The molecule has 2 atom stereocenters. The summed E-state index contributed by atoms with van der Waals surface area (Å²) in [5.41, 5.74) is 2.14. The van der Waals surface area contributed by atoms with Crippen LogP contribution in [0.15, 0.2) is 42.6 Å². The number of aliphatic hydroxyl groups excluding tert-OH is 1. The van der Waals surface area contributed by atoms with Gasteiger partial charge in [0.2, 0.25) is 0 Å². The van der Waals surface area contributed by atoms with Crippen LogP contribution in [-0.4, -0.2) is 29.3 Å². The number of rotatable bonds is 7. The second-order valence-electron chi connectivity index (χ2n) is 6.16. The number of halogens is 1. The number of pyridine rings is 1. The van der Waals surface area contributed by atoms with Gasteiger partial charge in [-0.05, 0) is 49.6 Å². The van der Waals surface area contributed by atoms with Crippen molar-refractivity contribution in [3.8, 4) is 0 Å². The first-order valence-electron chi connectivity index (χ1n) is 8.30. The minimum Gasteiger partial charge on any atom is -0.396 e. The second kappa shape index (κ2) is 9.13. The minimum absolute atomic E-state index is 0.0461. The number of hydrogen-bond acceptors (Lipinski definition) is 3. The Labute approximate surface area is 147 Å². The largest absolute Gasteiger partial charge is 0.396 e. The van der Waals surface area contributed by atoms with E-state index in [4.69, 9.17) is 0 Å². The van der Waals surface area contributed by atoms with Crippen molar-refractivity contribution in [3.63, 3.8) is 0 Å². The summed E-state index contributed by atoms with van der Waals surface area (Å²) >= 11 is 0. The maximum atomic E-state index is 13.6. The molecule has 0 fully saturated rings. The van der Waals surface area contributed by atoms with Gasteiger partial charge < -0.3 is 15.7 Å². The summed E-state index contributed by atoms with van der Waals surface area (Å²) in [6, 6.07) is 9.84. The molecule has 0 aliphatic carbocycles. The molecule has 2 rings (SSSR count). The standard InChI is InChI=1S/C19H24FN3O2/c1-13-6-7-16(10-18(13)20)14(2)23-19(25)22-11-15(12-24)9-17-5-3-4-8-21-17/h3-8,10,14-15,24H,9,11-12H2,1-2H3,(H2,22,23,25). The van der Waals surface area contributed by atoms with Gasteiger partial charge in [0.05, 0.1) is 6.04 Å². The molecule has 1 aromatic carbocycles. The van der Waals surface area contributed by atoms with E-state index in [1.54, 1.807) is 32.2 Å². The van der Waals surface area contributed by atoms with Gasteiger partial charge in [-0.1, -0.05) is 18.2 Å². The van der Waals surface area contributed by atoms with Crippen LogP contribution in [0, 0.1) is 18.7 Å². The van der Waals surface area contributed by atoms with Crippen molar-refractivity contribution in [2.45, 2.75) is 26.3 Å². The third-order valence-electron chi connectivity index (χ3n) is 4.08. The number of aliphatic hydroxyl groups is 1. The fraction of sp³-hybridized carbons (Fsp3) is 0.368. The van der Waals surface area contributed by atoms with Crippen molar-refractivity contribution in [2.24, 2.45) is 5.92 Å². The fourth-order valence-corrected chi connectivity index (χ4v) is 2.46. The summed E-state index contributed by atoms with van der Waals surface area (Å²) in [7, 11) is 0. The van der Waals surface area contributed by atoms with Crippen molar-refractivity contribution < 1.29 is 14.3 Å². The zero-order chi connectivity index (χ0) is 18.2. The van der Waals surface area contributed by atoms with Crippen molar-refractivity contribution in [3.05, 3.63) is 65.2 Å². The number of amides is 2. The summed E-state index contributed by atoms with van der Waals surface area (Å²) in [6.45, 7) is 3.77. The Balaban J connectivity index is 1.83. The Morgan fingerprint density at radius 2 is 2.12 bits per heavy atom. The van der Waals surface area contributed by atoms with E-state index in [9.17, 15) is 14.3 Å². The maximum absolute atomic E-state index is 13.6. The highest BCUT2D eigenvalue weighted by atomic mass is 19.1. The molecule has 0 bridgehead atoms.